The van der Waals surface area contributed by atoms with Crippen LogP contribution < -0.4 is 5.32 Å². The molecule has 2 heterocycles. The van der Waals surface area contributed by atoms with Crippen molar-refractivity contribution in [2.75, 3.05) is 48.1 Å². The van der Waals surface area contributed by atoms with Gasteiger partial charge in [-0.1, -0.05) is 86.7 Å². The first-order valence-corrected chi connectivity index (χ1v) is 24.5. The van der Waals surface area contributed by atoms with E-state index in [0.29, 0.717) is 38.9 Å². The zero-order chi connectivity index (χ0) is 51.5. The Kier molecular flexibility index (Phi) is 24.7. The zero-order valence-electron chi connectivity index (χ0n) is 42.6. The Hall–Kier alpha value is -3.95. The monoisotopic (exact) mass is 984 g/mol. The van der Waals surface area contributed by atoms with Gasteiger partial charge in [0.2, 0.25) is 5.91 Å². The molecule has 0 spiro atoms. The Balaban J connectivity index is 1.64. The number of amides is 1. The zero-order valence-corrected chi connectivity index (χ0v) is 42.6. The van der Waals surface area contributed by atoms with Crippen LogP contribution in [0.2, 0.25) is 0 Å². The molecule has 0 aliphatic carbocycles. The molecule has 2 fully saturated rings. The number of aliphatic hydroxyl groups is 4. The smallest absolute Gasteiger partial charge is 0.313 e. The highest BCUT2D eigenvalue weighted by Gasteiger charge is 2.48. The number of rotatable bonds is 29. The minimum Gasteiger partial charge on any atom is -0.459 e. The second kappa shape index (κ2) is 29.5. The highest BCUT2D eigenvalue weighted by Crippen LogP contribution is 2.33. The molecule has 0 aromatic heterocycles. The summed E-state index contributed by atoms with van der Waals surface area (Å²) in [4.78, 5) is 45.4. The number of Topliss-reactive ketones (excluding diaryl/α,β-unsaturated/α-hetero) is 1. The third-order valence-electron chi connectivity index (χ3n) is 13.3. The van der Waals surface area contributed by atoms with Crippen LogP contribution >= 0.6 is 0 Å². The average molecular weight is 984 g/mol. The topological polar surface area (TPSA) is 215 Å². The van der Waals surface area contributed by atoms with E-state index in [1.54, 1.807) is 45.8 Å². The van der Waals surface area contributed by atoms with Gasteiger partial charge >= 0.3 is 5.97 Å². The number of benzene rings is 2. The van der Waals surface area contributed by atoms with E-state index in [1.807, 2.05) is 50.2 Å². The van der Waals surface area contributed by atoms with Gasteiger partial charge in [0.05, 0.1) is 43.7 Å². The number of ether oxygens (including phenoxy) is 7. The van der Waals surface area contributed by atoms with Gasteiger partial charge in [-0.3, -0.25) is 19.3 Å². The molecule has 17 heteroatoms. The van der Waals surface area contributed by atoms with Crippen LogP contribution in [0.1, 0.15) is 71.4 Å². The molecule has 4 rings (SSSR count). The van der Waals surface area contributed by atoms with Crippen molar-refractivity contribution in [1.29, 1.82) is 0 Å². The highest BCUT2D eigenvalue weighted by molar-refractivity contribution is 5.97. The first-order valence-electron chi connectivity index (χ1n) is 24.5. The number of hydrogen-bond donors (Lipinski definition) is 5. The number of esters is 1. The van der Waals surface area contributed by atoms with Gasteiger partial charge in [-0.2, -0.15) is 0 Å². The molecule has 0 bridgehead atoms. The second-order valence-corrected chi connectivity index (χ2v) is 18.9. The third-order valence-corrected chi connectivity index (χ3v) is 13.3. The van der Waals surface area contributed by atoms with E-state index in [-0.39, 0.29) is 12.5 Å². The molecular weight excluding hydrogens is 903 g/mol. The Morgan fingerprint density at radius 2 is 1.44 bits per heavy atom. The Morgan fingerprint density at radius 3 is 1.99 bits per heavy atom. The molecule has 0 radical (unpaired) electrons. The maximum Gasteiger partial charge on any atom is 0.313 e. The number of carbonyl (C=O) groups excluding carboxylic acids is 3. The van der Waals surface area contributed by atoms with E-state index >= 15 is 0 Å². The van der Waals surface area contributed by atoms with Crippen LogP contribution in [-0.4, -0.2) is 176 Å². The van der Waals surface area contributed by atoms with Crippen molar-refractivity contribution < 1.29 is 68.0 Å². The van der Waals surface area contributed by atoms with Crippen molar-refractivity contribution in [3.63, 3.8) is 0 Å². The highest BCUT2D eigenvalue weighted by atomic mass is 16.7. The molecule has 2 aliphatic heterocycles. The summed E-state index contributed by atoms with van der Waals surface area (Å²) in [6.45, 7) is 13.7. The number of hydrogen-bond acceptors (Lipinski definition) is 16. The van der Waals surface area contributed by atoms with E-state index in [4.69, 9.17) is 33.2 Å². The fourth-order valence-corrected chi connectivity index (χ4v) is 9.35. The number of allylic oxidation sites excluding steroid dienone is 1. The van der Waals surface area contributed by atoms with E-state index in [1.165, 1.54) is 26.4 Å². The number of ketones is 1. The predicted octanol–water partition coefficient (Wildman–Crippen LogP) is 3.79. The molecule has 392 valence electrons. The summed E-state index contributed by atoms with van der Waals surface area (Å²) in [5.74, 6) is -3.94. The molecule has 2 aromatic rings. The van der Waals surface area contributed by atoms with Gasteiger partial charge in [-0.15, -0.1) is 6.58 Å². The molecule has 2 aliphatic rings. The van der Waals surface area contributed by atoms with Gasteiger partial charge in [0.15, 0.2) is 12.6 Å². The van der Waals surface area contributed by atoms with E-state index in [9.17, 15) is 34.8 Å². The summed E-state index contributed by atoms with van der Waals surface area (Å²) in [6.07, 6.45) is -5.23. The lowest BCUT2D eigenvalue weighted by Crippen LogP contribution is -2.63. The standard InChI is InChI=1S/C53H81N3O14/c1-11-13-24-43(59)54-33(3)27-40(25-26-56(29-37-20-16-14-17-21-37)30-38-22-18-15-19-23-38)49(70-52-48(63)45(55(7)8)46(61)35(5)67-52)34(4)41(58)28-44(60)69-42(31-57)39(12-2)32-66-53-51(65-10)50(64-9)47(62)36(6)68-53/h12-24,33-36,39-40,42,45-53,57,61-63H,2,11,25-32H2,1,3-10H3,(H,54,59)/b24-13+/t33?,34?,35-,36-,39?,40?,42?,45-,46?,47+,48-,49?,50-,51-,52-,53-/m0/s1. The van der Waals surface area contributed by atoms with Crippen molar-refractivity contribution in [2.45, 2.75) is 153 Å². The number of carbonyl (C=O) groups is 3. The summed E-state index contributed by atoms with van der Waals surface area (Å²) in [7, 11) is 6.35. The summed E-state index contributed by atoms with van der Waals surface area (Å²) >= 11 is 0. The van der Waals surface area contributed by atoms with Crippen molar-refractivity contribution in [2.24, 2.45) is 17.8 Å². The number of nitrogens with zero attached hydrogens (tertiary/aromatic N) is 2. The van der Waals surface area contributed by atoms with Crippen molar-refractivity contribution in [3.05, 3.63) is 96.6 Å². The summed E-state index contributed by atoms with van der Waals surface area (Å²) in [5.41, 5.74) is 2.22. The lowest BCUT2D eigenvalue weighted by atomic mass is 9.82. The fourth-order valence-electron chi connectivity index (χ4n) is 9.35. The molecule has 2 saturated heterocycles. The molecular formula is C53H81N3O14. The van der Waals surface area contributed by atoms with Crippen LogP contribution in [0.4, 0.5) is 0 Å². The van der Waals surface area contributed by atoms with Crippen LogP contribution in [0.15, 0.2) is 85.5 Å². The first kappa shape index (κ1) is 58.6. The van der Waals surface area contributed by atoms with Crippen molar-refractivity contribution in [1.82, 2.24) is 15.1 Å². The normalized spacial score (nSPS) is 27.6. The minimum absolute atomic E-state index is 0.132. The molecule has 16 atom stereocenters. The quantitative estimate of drug-likeness (QED) is 0.0339. The van der Waals surface area contributed by atoms with E-state index in [2.05, 4.69) is 41.1 Å². The second-order valence-electron chi connectivity index (χ2n) is 18.9. The summed E-state index contributed by atoms with van der Waals surface area (Å²) in [6, 6.07) is 19.0. The largest absolute Gasteiger partial charge is 0.459 e. The predicted molar refractivity (Wildman–Crippen MR) is 263 cm³/mol. The first-order chi connectivity index (χ1) is 33.5. The van der Waals surface area contributed by atoms with Gasteiger partial charge in [0.1, 0.15) is 42.7 Å². The van der Waals surface area contributed by atoms with Crippen LogP contribution in [0.25, 0.3) is 0 Å². The van der Waals surface area contributed by atoms with Gasteiger partial charge in [0.25, 0.3) is 0 Å². The average Bonchev–Trinajstić information content (AvgIpc) is 3.33. The number of nitrogens with one attached hydrogen (secondary N) is 1. The number of methoxy groups -OCH3 is 2. The number of aliphatic hydroxyl groups excluding tert-OH is 4. The van der Waals surface area contributed by atoms with E-state index < -0.39 is 122 Å². The van der Waals surface area contributed by atoms with E-state index in [0.717, 1.165) is 11.1 Å². The van der Waals surface area contributed by atoms with Crippen LogP contribution in [0.3, 0.4) is 0 Å². The summed E-state index contributed by atoms with van der Waals surface area (Å²) in [5, 5.41) is 47.0. The fraction of sp³-hybridized carbons (Fsp3) is 0.642. The van der Waals surface area contributed by atoms with Crippen LogP contribution in [0, 0.1) is 17.8 Å². The SMILES string of the molecule is C=CC(CO[C@H]1O[C@@H](C)[C@@H](O)[C@H](OC)[C@@H]1OC)C(CO)OC(=O)CC(=O)C(C)C(O[C@@H]1O[C@@H](C)C(O)[C@H](N(C)C)[C@@H]1O)C(CCN(Cc1ccccc1)Cc1ccccc1)CC(C)NC(=O)/C=C/CC. The minimum atomic E-state index is -1.34. The van der Waals surface area contributed by atoms with Gasteiger partial charge in [-0.25, -0.2) is 0 Å². The van der Waals surface area contributed by atoms with Crippen LogP contribution in [0.5, 0.6) is 0 Å². The van der Waals surface area contributed by atoms with Crippen molar-refractivity contribution in [3.8, 4) is 0 Å². The van der Waals surface area contributed by atoms with Gasteiger partial charge in [-0.05, 0) is 83.8 Å². The molecule has 70 heavy (non-hydrogen) atoms. The Labute approximate surface area is 415 Å². The van der Waals surface area contributed by atoms with Crippen LogP contribution in [-0.2, 0) is 60.6 Å². The molecule has 1 amide bonds. The lowest BCUT2D eigenvalue weighted by molar-refractivity contribution is -0.304. The Bertz CT molecular complexity index is 1850. The molecule has 17 nitrogen and oxygen atoms in total. The number of likely N-dealkylation sites (N-methyl/N-ethyl adjacent to an activating group) is 1. The van der Waals surface area contributed by atoms with Gasteiger partial charge in [0, 0.05) is 45.2 Å². The van der Waals surface area contributed by atoms with Gasteiger partial charge < -0.3 is 63.8 Å². The lowest BCUT2D eigenvalue weighted by Gasteiger charge is -2.46. The molecule has 0 saturated carbocycles. The maximum absolute atomic E-state index is 14.5. The third kappa shape index (κ3) is 17.1. The summed E-state index contributed by atoms with van der Waals surface area (Å²) < 4.78 is 41.7. The Morgan fingerprint density at radius 1 is 0.857 bits per heavy atom. The molecule has 5 N–H and O–H groups in total. The molecule has 2 aromatic carbocycles. The van der Waals surface area contributed by atoms with Crippen molar-refractivity contribution >= 4 is 17.7 Å². The maximum atomic E-state index is 14.5. The molecule has 7 unspecified atom stereocenters.